The zero-order valence-electron chi connectivity index (χ0n) is 22.3. The fraction of sp³-hybridized carbons (Fsp3) is 0.536. The number of rotatable bonds is 7. The van der Waals surface area contributed by atoms with Gasteiger partial charge in [0.1, 0.15) is 0 Å². The van der Waals surface area contributed by atoms with Crippen molar-refractivity contribution in [3.63, 3.8) is 0 Å². The SMILES string of the molecule is COC1(CN2CCS(=O)(=O)CC2)CCN(c2cc(C(=O)O)nc3c2c(C2CCC2)nn3-c2ccccc2)CC1. The highest BCUT2D eigenvalue weighted by atomic mass is 32.2. The number of hydrogen-bond donors (Lipinski definition) is 1. The number of hydrogen-bond acceptors (Lipinski definition) is 8. The lowest BCUT2D eigenvalue weighted by Crippen LogP contribution is -2.54. The first kappa shape index (κ1) is 26.2. The minimum absolute atomic E-state index is 0.00726. The number of fused-ring (bicyclic) bond motifs is 1. The van der Waals surface area contributed by atoms with Gasteiger partial charge in [-0.2, -0.15) is 5.10 Å². The number of anilines is 1. The van der Waals surface area contributed by atoms with E-state index in [9.17, 15) is 18.3 Å². The van der Waals surface area contributed by atoms with E-state index in [1.54, 1.807) is 17.9 Å². The maximum atomic E-state index is 12.2. The molecule has 39 heavy (non-hydrogen) atoms. The second kappa shape index (κ2) is 10.2. The lowest BCUT2D eigenvalue weighted by atomic mass is 9.81. The van der Waals surface area contributed by atoms with Crippen LogP contribution in [0.3, 0.4) is 0 Å². The Balaban J connectivity index is 1.34. The molecule has 208 valence electrons. The van der Waals surface area contributed by atoms with Crippen LogP contribution in [0.15, 0.2) is 36.4 Å². The molecule has 0 unspecified atom stereocenters. The monoisotopic (exact) mass is 553 g/mol. The molecule has 2 aromatic heterocycles. The van der Waals surface area contributed by atoms with E-state index in [0.717, 1.165) is 54.6 Å². The number of aromatic nitrogens is 3. The highest BCUT2D eigenvalue weighted by molar-refractivity contribution is 7.91. The standard InChI is InChI=1S/C28H35N5O5S/c1-38-28(19-31-14-16-39(36,37)17-15-31)10-12-32(13-11-28)23-18-22(27(34)35)29-26-24(23)25(20-6-5-7-20)30-33(26)21-8-3-2-4-9-21/h2-4,8-9,18,20H,5-7,10-17,19H2,1H3,(H,34,35). The summed E-state index contributed by atoms with van der Waals surface area (Å²) in [6, 6.07) is 11.5. The second-order valence-corrected chi connectivity index (χ2v) is 13.4. The van der Waals surface area contributed by atoms with Gasteiger partial charge >= 0.3 is 5.97 Å². The average molecular weight is 554 g/mol. The molecular weight excluding hydrogens is 518 g/mol. The Hall–Kier alpha value is -3.02. The Morgan fingerprint density at radius 3 is 2.38 bits per heavy atom. The van der Waals surface area contributed by atoms with Crippen molar-refractivity contribution < 1.29 is 23.1 Å². The van der Waals surface area contributed by atoms with Gasteiger partial charge < -0.3 is 14.7 Å². The van der Waals surface area contributed by atoms with E-state index in [1.165, 1.54) is 0 Å². The zero-order chi connectivity index (χ0) is 27.2. The lowest BCUT2D eigenvalue weighted by molar-refractivity contribution is -0.0520. The molecule has 3 aromatic rings. The van der Waals surface area contributed by atoms with Crippen LogP contribution in [0.4, 0.5) is 5.69 Å². The number of piperidine rings is 1. The molecule has 3 aliphatic rings. The van der Waals surface area contributed by atoms with Crippen molar-refractivity contribution in [3.8, 4) is 5.69 Å². The Morgan fingerprint density at radius 2 is 1.79 bits per heavy atom. The molecule has 11 heteroatoms. The molecule has 1 saturated carbocycles. The van der Waals surface area contributed by atoms with Crippen LogP contribution in [0.5, 0.6) is 0 Å². The summed E-state index contributed by atoms with van der Waals surface area (Å²) in [6.07, 6.45) is 4.81. The molecule has 0 amide bonds. The van der Waals surface area contributed by atoms with Gasteiger partial charge in [-0.3, -0.25) is 4.90 Å². The van der Waals surface area contributed by atoms with E-state index in [-0.39, 0.29) is 22.8 Å². The van der Waals surface area contributed by atoms with Crippen molar-refractivity contribution in [2.45, 2.75) is 43.6 Å². The van der Waals surface area contributed by atoms with Crippen molar-refractivity contribution in [3.05, 3.63) is 47.8 Å². The van der Waals surface area contributed by atoms with Gasteiger partial charge in [0.2, 0.25) is 0 Å². The number of ether oxygens (including phenoxy) is 1. The molecule has 1 N–H and O–H groups in total. The Morgan fingerprint density at radius 1 is 1.10 bits per heavy atom. The number of carbonyl (C=O) groups is 1. The largest absolute Gasteiger partial charge is 0.477 e. The van der Waals surface area contributed by atoms with Crippen LogP contribution < -0.4 is 4.90 Å². The van der Waals surface area contributed by atoms with Crippen LogP contribution in [0.25, 0.3) is 16.7 Å². The van der Waals surface area contributed by atoms with Crippen molar-refractivity contribution in [2.24, 2.45) is 0 Å². The van der Waals surface area contributed by atoms with E-state index in [0.29, 0.717) is 44.3 Å². The number of sulfone groups is 1. The van der Waals surface area contributed by atoms with Crippen LogP contribution >= 0.6 is 0 Å². The minimum atomic E-state index is -2.94. The Labute approximate surface area is 228 Å². The molecule has 2 saturated heterocycles. The van der Waals surface area contributed by atoms with Gasteiger partial charge in [-0.1, -0.05) is 24.6 Å². The van der Waals surface area contributed by atoms with Crippen LogP contribution in [-0.2, 0) is 14.6 Å². The van der Waals surface area contributed by atoms with Gasteiger partial charge in [-0.05, 0) is 43.9 Å². The van der Waals surface area contributed by atoms with Gasteiger partial charge in [-0.15, -0.1) is 0 Å². The van der Waals surface area contributed by atoms with Gasteiger partial charge in [0.15, 0.2) is 21.2 Å². The van der Waals surface area contributed by atoms with E-state index in [4.69, 9.17) is 9.84 Å². The van der Waals surface area contributed by atoms with Crippen molar-refractivity contribution in [1.82, 2.24) is 19.7 Å². The first-order chi connectivity index (χ1) is 18.8. The van der Waals surface area contributed by atoms with Gasteiger partial charge in [-0.25, -0.2) is 22.9 Å². The summed E-state index contributed by atoms with van der Waals surface area (Å²) in [6.45, 7) is 3.15. The number of carboxylic acid groups (broad SMARTS) is 1. The number of methoxy groups -OCH3 is 1. The quantitative estimate of drug-likeness (QED) is 0.471. The van der Waals surface area contributed by atoms with Crippen molar-refractivity contribution in [1.29, 1.82) is 0 Å². The third-order valence-corrected chi connectivity index (χ3v) is 10.4. The van der Waals surface area contributed by atoms with Crippen LogP contribution in [0, 0.1) is 0 Å². The normalized spacial score (nSPS) is 21.6. The molecule has 0 bridgehead atoms. The maximum absolute atomic E-state index is 12.2. The van der Waals surface area contributed by atoms with Gasteiger partial charge in [0.05, 0.1) is 39.6 Å². The molecule has 1 aliphatic carbocycles. The fourth-order valence-electron chi connectivity index (χ4n) is 6.10. The lowest BCUT2D eigenvalue weighted by Gasteiger charge is -2.45. The number of pyridine rings is 1. The summed E-state index contributed by atoms with van der Waals surface area (Å²) in [5, 5.41) is 15.9. The molecule has 10 nitrogen and oxygen atoms in total. The van der Waals surface area contributed by atoms with E-state index >= 15 is 0 Å². The number of para-hydroxylation sites is 1. The topological polar surface area (TPSA) is 118 Å². The molecular formula is C28H35N5O5S. The molecule has 0 radical (unpaired) electrons. The van der Waals surface area contributed by atoms with Crippen molar-refractivity contribution in [2.75, 3.05) is 56.2 Å². The van der Waals surface area contributed by atoms with Crippen LogP contribution in [0.1, 0.15) is 54.2 Å². The smallest absolute Gasteiger partial charge is 0.354 e. The average Bonchev–Trinajstić information content (AvgIpc) is 3.28. The molecule has 1 aromatic carbocycles. The highest BCUT2D eigenvalue weighted by Crippen LogP contribution is 2.43. The van der Waals surface area contributed by atoms with Crippen LogP contribution in [0.2, 0.25) is 0 Å². The molecule has 3 fully saturated rings. The summed E-state index contributed by atoms with van der Waals surface area (Å²) in [7, 11) is -1.20. The fourth-order valence-corrected chi connectivity index (χ4v) is 7.37. The Bertz CT molecular complexity index is 1460. The summed E-state index contributed by atoms with van der Waals surface area (Å²) in [5.41, 5.74) is 2.94. The van der Waals surface area contributed by atoms with E-state index in [1.807, 2.05) is 30.3 Å². The highest BCUT2D eigenvalue weighted by Gasteiger charge is 2.39. The first-order valence-electron chi connectivity index (χ1n) is 13.7. The summed E-state index contributed by atoms with van der Waals surface area (Å²) in [5.74, 6) is -0.331. The predicted octanol–water partition coefficient (Wildman–Crippen LogP) is 3.10. The number of aromatic carboxylic acids is 1. The second-order valence-electron chi connectivity index (χ2n) is 11.1. The van der Waals surface area contributed by atoms with E-state index in [2.05, 4.69) is 14.8 Å². The number of nitrogens with zero attached hydrogens (tertiary/aromatic N) is 5. The molecule has 0 atom stereocenters. The molecule has 2 aliphatic heterocycles. The minimum Gasteiger partial charge on any atom is -0.477 e. The number of benzene rings is 1. The van der Waals surface area contributed by atoms with Gasteiger partial charge in [0.25, 0.3) is 0 Å². The third kappa shape index (κ3) is 5.03. The predicted molar refractivity (Wildman–Crippen MR) is 149 cm³/mol. The van der Waals surface area contributed by atoms with Crippen molar-refractivity contribution >= 4 is 32.5 Å². The molecule has 4 heterocycles. The summed E-state index contributed by atoms with van der Waals surface area (Å²) in [4.78, 5) is 21.2. The Kier molecular flexibility index (Phi) is 6.84. The van der Waals surface area contributed by atoms with Crippen LogP contribution in [-0.4, -0.2) is 96.1 Å². The first-order valence-corrected chi connectivity index (χ1v) is 15.5. The maximum Gasteiger partial charge on any atom is 0.354 e. The van der Waals surface area contributed by atoms with E-state index < -0.39 is 15.8 Å². The number of carboxylic acids is 1. The molecule has 6 rings (SSSR count). The zero-order valence-corrected chi connectivity index (χ0v) is 23.1. The third-order valence-electron chi connectivity index (χ3n) is 8.75. The molecule has 0 spiro atoms. The van der Waals surface area contributed by atoms with Gasteiger partial charge in [0, 0.05) is 45.8 Å². The summed E-state index contributed by atoms with van der Waals surface area (Å²) >= 11 is 0. The summed E-state index contributed by atoms with van der Waals surface area (Å²) < 4.78 is 31.7.